The molecule has 0 aliphatic rings. The Morgan fingerprint density at radius 2 is 1.44 bits per heavy atom. The minimum absolute atomic E-state index is 0.0140. The quantitative estimate of drug-likeness (QED) is 0.405. The highest BCUT2D eigenvalue weighted by atomic mass is 19.4. The smallest absolute Gasteiger partial charge is 0.431 e. The zero-order chi connectivity index (χ0) is 25.8. The molecule has 0 radical (unpaired) electrons. The highest BCUT2D eigenvalue weighted by molar-refractivity contribution is 5.91. The van der Waals surface area contributed by atoms with E-state index in [4.69, 9.17) is 0 Å². The number of carbonyl (C=O) groups is 1. The van der Waals surface area contributed by atoms with Gasteiger partial charge >= 0.3 is 12.1 Å². The second kappa shape index (κ2) is 10.8. The maximum absolute atomic E-state index is 14.2. The van der Waals surface area contributed by atoms with E-state index in [9.17, 15) is 23.1 Å². The molecule has 0 amide bonds. The van der Waals surface area contributed by atoms with Crippen molar-refractivity contribution in [3.8, 4) is 0 Å². The van der Waals surface area contributed by atoms with Crippen molar-refractivity contribution >= 4 is 11.5 Å². The van der Waals surface area contributed by atoms with E-state index in [0.717, 1.165) is 16.7 Å². The van der Waals surface area contributed by atoms with Gasteiger partial charge < -0.3 is 9.84 Å². The predicted octanol–water partition coefficient (Wildman–Crippen LogP) is 7.35. The van der Waals surface area contributed by atoms with E-state index >= 15 is 0 Å². The number of benzene rings is 2. The van der Waals surface area contributed by atoms with E-state index in [1.54, 1.807) is 30.3 Å². The normalized spacial score (nSPS) is 14.6. The maximum atomic E-state index is 14.2. The highest BCUT2D eigenvalue weighted by Crippen LogP contribution is 2.42. The van der Waals surface area contributed by atoms with Crippen LogP contribution in [0.25, 0.3) is 5.57 Å². The molecule has 2 rings (SSSR count). The van der Waals surface area contributed by atoms with Crippen LogP contribution in [-0.4, -0.2) is 29.5 Å². The lowest BCUT2D eigenvalue weighted by Crippen LogP contribution is -2.51. The first-order valence-corrected chi connectivity index (χ1v) is 11.7. The molecule has 0 unspecified atom stereocenters. The van der Waals surface area contributed by atoms with Gasteiger partial charge in [-0.25, -0.2) is 4.79 Å². The fourth-order valence-corrected chi connectivity index (χ4v) is 3.89. The molecule has 0 aliphatic heterocycles. The maximum Gasteiger partial charge on any atom is 0.431 e. The standard InChI is InChI=1S/C28H35F3O3/c1-8-34-26(32)27(33,28(29,30)31)16-24(20-12-10-9-11-13-20)25-22(18(4)5)14-21(17(2)3)15-23(25)19(6)7/h9-19,33H,8H2,1-7H3/b24-16+/t27-/m1/s1. The molecule has 0 spiro atoms. The number of halogens is 3. The summed E-state index contributed by atoms with van der Waals surface area (Å²) in [6.07, 6.45) is -4.64. The van der Waals surface area contributed by atoms with Crippen LogP contribution in [0.1, 0.15) is 94.0 Å². The third-order valence-corrected chi connectivity index (χ3v) is 5.86. The van der Waals surface area contributed by atoms with Crippen molar-refractivity contribution in [1.29, 1.82) is 0 Å². The van der Waals surface area contributed by atoms with Crippen LogP contribution in [0.15, 0.2) is 48.5 Å². The van der Waals surface area contributed by atoms with E-state index in [-0.39, 0.29) is 29.9 Å². The summed E-state index contributed by atoms with van der Waals surface area (Å²) in [4.78, 5) is 12.5. The minimum Gasteiger partial charge on any atom is -0.463 e. The molecule has 6 heteroatoms. The van der Waals surface area contributed by atoms with E-state index in [2.05, 4.69) is 18.6 Å². The van der Waals surface area contributed by atoms with Crippen LogP contribution in [0.5, 0.6) is 0 Å². The van der Waals surface area contributed by atoms with Crippen LogP contribution in [-0.2, 0) is 9.53 Å². The van der Waals surface area contributed by atoms with Crippen LogP contribution >= 0.6 is 0 Å². The fourth-order valence-electron chi connectivity index (χ4n) is 3.89. The third-order valence-electron chi connectivity index (χ3n) is 5.86. The monoisotopic (exact) mass is 476 g/mol. The summed E-state index contributed by atoms with van der Waals surface area (Å²) in [5, 5.41) is 10.8. The van der Waals surface area contributed by atoms with Gasteiger partial charge in [0.15, 0.2) is 0 Å². The lowest BCUT2D eigenvalue weighted by Gasteiger charge is -2.29. The number of alkyl halides is 3. The van der Waals surface area contributed by atoms with Gasteiger partial charge in [-0.15, -0.1) is 0 Å². The Morgan fingerprint density at radius 3 is 1.82 bits per heavy atom. The van der Waals surface area contributed by atoms with Crippen molar-refractivity contribution in [2.45, 2.75) is 78.0 Å². The largest absolute Gasteiger partial charge is 0.463 e. The van der Waals surface area contributed by atoms with Gasteiger partial charge in [0, 0.05) is 0 Å². The van der Waals surface area contributed by atoms with Gasteiger partial charge in [-0.05, 0) is 64.1 Å². The molecule has 186 valence electrons. The lowest BCUT2D eigenvalue weighted by atomic mass is 9.78. The summed E-state index contributed by atoms with van der Waals surface area (Å²) >= 11 is 0. The average molecular weight is 477 g/mol. The van der Waals surface area contributed by atoms with Crippen LogP contribution in [0.3, 0.4) is 0 Å². The molecule has 0 aromatic heterocycles. The Hall–Kier alpha value is -2.60. The van der Waals surface area contributed by atoms with E-state index in [0.29, 0.717) is 17.2 Å². The van der Waals surface area contributed by atoms with Crippen molar-refractivity contribution in [2.24, 2.45) is 0 Å². The summed E-state index contributed by atoms with van der Waals surface area (Å²) in [5.41, 5.74) is 0.226. The Kier molecular flexibility index (Phi) is 8.75. The van der Waals surface area contributed by atoms with Crippen LogP contribution in [0.2, 0.25) is 0 Å². The summed E-state index contributed by atoms with van der Waals surface area (Å²) in [5.74, 6) is -1.55. The number of aliphatic hydroxyl groups is 1. The van der Waals surface area contributed by atoms with E-state index in [1.165, 1.54) is 6.92 Å². The predicted molar refractivity (Wildman–Crippen MR) is 130 cm³/mol. The van der Waals surface area contributed by atoms with Crippen molar-refractivity contribution in [2.75, 3.05) is 6.61 Å². The van der Waals surface area contributed by atoms with Gasteiger partial charge in [-0.1, -0.05) is 84.0 Å². The lowest BCUT2D eigenvalue weighted by molar-refractivity contribution is -0.245. The van der Waals surface area contributed by atoms with Crippen molar-refractivity contribution in [3.05, 3.63) is 76.4 Å². The van der Waals surface area contributed by atoms with Crippen molar-refractivity contribution in [1.82, 2.24) is 0 Å². The molecule has 0 aliphatic carbocycles. The first kappa shape index (κ1) is 27.6. The van der Waals surface area contributed by atoms with Crippen molar-refractivity contribution < 1.29 is 27.8 Å². The number of rotatable bonds is 8. The van der Waals surface area contributed by atoms with Gasteiger partial charge in [0.2, 0.25) is 0 Å². The van der Waals surface area contributed by atoms with Crippen LogP contribution < -0.4 is 0 Å². The van der Waals surface area contributed by atoms with Gasteiger partial charge in [-0.2, -0.15) is 13.2 Å². The summed E-state index contributed by atoms with van der Waals surface area (Å²) in [6, 6.07) is 12.6. The second-order valence-electron chi connectivity index (χ2n) is 9.45. The molecular formula is C28H35F3O3. The molecule has 34 heavy (non-hydrogen) atoms. The first-order valence-electron chi connectivity index (χ1n) is 11.7. The fraction of sp³-hybridized carbons (Fsp3) is 0.464. The van der Waals surface area contributed by atoms with Gasteiger partial charge in [0.05, 0.1) is 6.61 Å². The van der Waals surface area contributed by atoms with Gasteiger partial charge in [-0.3, -0.25) is 0 Å². The molecule has 0 heterocycles. The molecule has 0 fully saturated rings. The molecule has 2 aromatic carbocycles. The molecule has 2 aromatic rings. The van der Waals surface area contributed by atoms with Gasteiger partial charge in [0.25, 0.3) is 5.60 Å². The average Bonchev–Trinajstić information content (AvgIpc) is 2.76. The molecule has 0 saturated heterocycles. The highest BCUT2D eigenvalue weighted by Gasteiger charge is 2.60. The van der Waals surface area contributed by atoms with Crippen LogP contribution in [0, 0.1) is 0 Å². The topological polar surface area (TPSA) is 46.5 Å². The molecular weight excluding hydrogens is 441 g/mol. The van der Waals surface area contributed by atoms with Gasteiger partial charge in [0.1, 0.15) is 0 Å². The SMILES string of the molecule is CCOC(=O)[C@](O)(/C=C(\c1ccccc1)c1c(C(C)C)cc(C(C)C)cc1C(C)C)C(F)(F)F. The van der Waals surface area contributed by atoms with E-state index in [1.807, 2.05) is 39.8 Å². The molecule has 3 nitrogen and oxygen atoms in total. The number of hydrogen-bond donors (Lipinski definition) is 1. The minimum atomic E-state index is -5.27. The molecule has 1 atom stereocenters. The second-order valence-corrected chi connectivity index (χ2v) is 9.45. The Bertz CT molecular complexity index is 992. The first-order chi connectivity index (χ1) is 15.7. The van der Waals surface area contributed by atoms with Crippen LogP contribution in [0.4, 0.5) is 13.2 Å². The zero-order valence-corrected chi connectivity index (χ0v) is 21.0. The Balaban J connectivity index is 3.06. The number of hydrogen-bond acceptors (Lipinski definition) is 3. The van der Waals surface area contributed by atoms with E-state index < -0.39 is 17.7 Å². The summed E-state index contributed by atoms with van der Waals surface area (Å²) < 4.78 is 47.1. The molecule has 1 N–H and O–H groups in total. The molecule has 0 saturated carbocycles. The number of esters is 1. The Labute approximate surface area is 200 Å². The Morgan fingerprint density at radius 1 is 0.941 bits per heavy atom. The zero-order valence-electron chi connectivity index (χ0n) is 21.0. The third kappa shape index (κ3) is 5.72. The summed E-state index contributed by atoms with van der Waals surface area (Å²) in [7, 11) is 0. The number of ether oxygens (including phenoxy) is 1. The summed E-state index contributed by atoms with van der Waals surface area (Å²) in [6.45, 7) is 13.2. The van der Waals surface area contributed by atoms with Crippen molar-refractivity contribution in [3.63, 3.8) is 0 Å². The molecule has 0 bridgehead atoms. The number of carbonyl (C=O) groups excluding carboxylic acids is 1.